The second kappa shape index (κ2) is 8.47. The molecule has 2 aromatic heterocycles. The molecule has 170 valence electrons. The molecule has 0 spiro atoms. The summed E-state index contributed by atoms with van der Waals surface area (Å²) in [6.07, 6.45) is 3.66. The molecule has 2 bridgehead atoms. The maximum absolute atomic E-state index is 14.7. The second-order valence-corrected chi connectivity index (χ2v) is 8.38. The van der Waals surface area contributed by atoms with E-state index >= 15 is 0 Å². The van der Waals surface area contributed by atoms with E-state index in [1.807, 2.05) is 17.0 Å². The number of carbonyl (C=O) groups is 1. The first-order valence-corrected chi connectivity index (χ1v) is 11.1. The SMILES string of the molecule is C=CC(=O)N1C[C@@H]2C[C@H]1CN2c1ccc2ncnc(Nc3cc(Cl)c(OCC)cc3F)c2n1. The number of rotatable bonds is 6. The highest BCUT2D eigenvalue weighted by Gasteiger charge is 2.45. The van der Waals surface area contributed by atoms with Gasteiger partial charge >= 0.3 is 0 Å². The molecular weight excluding hydrogens is 447 g/mol. The van der Waals surface area contributed by atoms with Crippen molar-refractivity contribution in [2.45, 2.75) is 25.4 Å². The Balaban J connectivity index is 1.44. The summed E-state index contributed by atoms with van der Waals surface area (Å²) < 4.78 is 20.0. The monoisotopic (exact) mass is 468 g/mol. The maximum atomic E-state index is 14.7. The van der Waals surface area contributed by atoms with E-state index in [9.17, 15) is 9.18 Å². The Morgan fingerprint density at radius 3 is 2.91 bits per heavy atom. The topological polar surface area (TPSA) is 83.5 Å². The van der Waals surface area contributed by atoms with Gasteiger partial charge in [-0.3, -0.25) is 4.79 Å². The van der Waals surface area contributed by atoms with Crippen molar-refractivity contribution in [2.75, 3.05) is 29.9 Å². The molecular formula is C23H22ClFN6O2. The molecule has 2 atom stereocenters. The van der Waals surface area contributed by atoms with Crippen LogP contribution in [0.1, 0.15) is 13.3 Å². The van der Waals surface area contributed by atoms with E-state index in [1.165, 1.54) is 24.5 Å². The number of halogens is 2. The Morgan fingerprint density at radius 2 is 2.18 bits per heavy atom. The average molecular weight is 469 g/mol. The predicted molar refractivity (Wildman–Crippen MR) is 125 cm³/mol. The van der Waals surface area contributed by atoms with Crippen LogP contribution in [0.5, 0.6) is 5.75 Å². The lowest BCUT2D eigenvalue weighted by atomic mass is 10.2. The first-order chi connectivity index (χ1) is 16.0. The van der Waals surface area contributed by atoms with Crippen molar-refractivity contribution in [3.05, 3.63) is 54.1 Å². The fraction of sp³-hybridized carbons (Fsp3) is 0.304. The smallest absolute Gasteiger partial charge is 0.246 e. The Kier molecular flexibility index (Phi) is 5.49. The summed E-state index contributed by atoms with van der Waals surface area (Å²) in [7, 11) is 0. The Hall–Kier alpha value is -3.46. The summed E-state index contributed by atoms with van der Waals surface area (Å²) in [6, 6.07) is 6.81. The van der Waals surface area contributed by atoms with Crippen LogP contribution in [0, 0.1) is 5.82 Å². The molecule has 2 fully saturated rings. The molecule has 5 rings (SSSR count). The number of aromatic nitrogens is 3. The number of nitrogens with one attached hydrogen (secondary N) is 1. The number of nitrogens with zero attached hydrogens (tertiary/aromatic N) is 5. The van der Waals surface area contributed by atoms with Crippen molar-refractivity contribution in [1.29, 1.82) is 0 Å². The third-order valence-electron chi connectivity index (χ3n) is 6.03. The quantitative estimate of drug-likeness (QED) is 0.548. The van der Waals surface area contributed by atoms with Crippen LogP contribution < -0.4 is 15.0 Å². The van der Waals surface area contributed by atoms with Gasteiger partial charge in [0.1, 0.15) is 29.2 Å². The number of pyridine rings is 1. The van der Waals surface area contributed by atoms with Crippen LogP contribution in [0.3, 0.4) is 0 Å². The van der Waals surface area contributed by atoms with Crippen molar-refractivity contribution in [1.82, 2.24) is 19.9 Å². The van der Waals surface area contributed by atoms with Gasteiger partial charge in [-0.1, -0.05) is 18.2 Å². The number of amides is 1. The minimum Gasteiger partial charge on any atom is -0.492 e. The van der Waals surface area contributed by atoms with Gasteiger partial charge in [0.25, 0.3) is 0 Å². The standard InChI is InChI=1S/C23H22ClFN6O2/c1-3-21(32)31-11-13-7-14(31)10-30(13)20-6-5-17-22(29-20)23(27-12-26-17)28-18-8-15(24)19(33-4-2)9-16(18)25/h3,5-6,8-9,12-14H,1,4,7,10-11H2,2H3,(H,26,27,28)/t13-,14-/m0/s1. The van der Waals surface area contributed by atoms with Crippen LogP contribution in [0.2, 0.25) is 5.02 Å². The van der Waals surface area contributed by atoms with Crippen LogP contribution >= 0.6 is 11.6 Å². The normalized spacial score (nSPS) is 19.2. The molecule has 4 heterocycles. The molecule has 33 heavy (non-hydrogen) atoms. The van der Waals surface area contributed by atoms with E-state index in [0.29, 0.717) is 41.6 Å². The zero-order valence-corrected chi connectivity index (χ0v) is 18.7. The van der Waals surface area contributed by atoms with Gasteiger partial charge in [-0.2, -0.15) is 0 Å². The molecule has 10 heteroatoms. The van der Waals surface area contributed by atoms with Crippen LogP contribution in [-0.4, -0.2) is 57.5 Å². The van der Waals surface area contributed by atoms with E-state index in [0.717, 1.165) is 12.2 Å². The van der Waals surface area contributed by atoms with Gasteiger partial charge in [0.15, 0.2) is 5.82 Å². The van der Waals surface area contributed by atoms with Gasteiger partial charge in [0.05, 0.1) is 34.9 Å². The molecule has 0 unspecified atom stereocenters. The zero-order chi connectivity index (χ0) is 23.1. The van der Waals surface area contributed by atoms with Gasteiger partial charge in [-0.25, -0.2) is 19.3 Å². The number of fused-ring (bicyclic) bond motifs is 3. The largest absolute Gasteiger partial charge is 0.492 e. The van der Waals surface area contributed by atoms with Crippen molar-refractivity contribution in [3.8, 4) is 5.75 Å². The number of anilines is 3. The lowest BCUT2D eigenvalue weighted by molar-refractivity contribution is -0.127. The third kappa shape index (κ3) is 3.82. The summed E-state index contributed by atoms with van der Waals surface area (Å²) in [5, 5.41) is 3.29. The summed E-state index contributed by atoms with van der Waals surface area (Å²) in [5.74, 6) is 0.861. The molecule has 2 saturated heterocycles. The van der Waals surface area contributed by atoms with E-state index in [4.69, 9.17) is 21.3 Å². The molecule has 1 amide bonds. The zero-order valence-electron chi connectivity index (χ0n) is 18.0. The molecule has 2 aliphatic heterocycles. The molecule has 1 N–H and O–H groups in total. The lowest BCUT2D eigenvalue weighted by Gasteiger charge is -2.34. The van der Waals surface area contributed by atoms with Gasteiger partial charge in [0, 0.05) is 19.2 Å². The van der Waals surface area contributed by atoms with E-state index in [2.05, 4.69) is 26.8 Å². The molecule has 1 aromatic carbocycles. The van der Waals surface area contributed by atoms with E-state index in [1.54, 1.807) is 6.92 Å². The highest BCUT2D eigenvalue weighted by atomic mass is 35.5. The molecule has 0 radical (unpaired) electrons. The van der Waals surface area contributed by atoms with Gasteiger partial charge in [0.2, 0.25) is 5.91 Å². The molecule has 3 aromatic rings. The van der Waals surface area contributed by atoms with E-state index < -0.39 is 5.82 Å². The average Bonchev–Trinajstić information content (AvgIpc) is 3.43. The number of carbonyl (C=O) groups excluding carboxylic acids is 1. The summed E-state index contributed by atoms with van der Waals surface area (Å²) >= 11 is 6.24. The number of benzene rings is 1. The lowest BCUT2D eigenvalue weighted by Crippen LogP contribution is -2.48. The third-order valence-corrected chi connectivity index (χ3v) is 6.33. The minimum absolute atomic E-state index is 0.0375. The molecule has 0 aliphatic carbocycles. The highest BCUT2D eigenvalue weighted by Crippen LogP contribution is 2.36. The Labute approximate surface area is 195 Å². The first-order valence-electron chi connectivity index (χ1n) is 10.7. The number of likely N-dealkylation sites (tertiary alicyclic amines) is 1. The van der Waals surface area contributed by atoms with Crippen LogP contribution in [0.4, 0.5) is 21.7 Å². The van der Waals surface area contributed by atoms with Crippen molar-refractivity contribution >= 4 is 45.9 Å². The first kappa shape index (κ1) is 21.4. The highest BCUT2D eigenvalue weighted by molar-refractivity contribution is 6.32. The van der Waals surface area contributed by atoms with Crippen LogP contribution in [-0.2, 0) is 4.79 Å². The van der Waals surface area contributed by atoms with Crippen LogP contribution in [0.25, 0.3) is 11.0 Å². The Bertz CT molecular complexity index is 1260. The molecule has 8 nitrogen and oxygen atoms in total. The fourth-order valence-corrected chi connectivity index (χ4v) is 4.75. The molecule has 0 saturated carbocycles. The number of ether oxygens (including phenoxy) is 1. The van der Waals surface area contributed by atoms with Gasteiger partial charge in [-0.15, -0.1) is 0 Å². The van der Waals surface area contributed by atoms with Gasteiger partial charge < -0.3 is 19.9 Å². The summed E-state index contributed by atoms with van der Waals surface area (Å²) in [6.45, 7) is 7.11. The van der Waals surface area contributed by atoms with E-state index in [-0.39, 0.29) is 29.4 Å². The summed E-state index contributed by atoms with van der Waals surface area (Å²) in [4.78, 5) is 29.5. The Morgan fingerprint density at radius 1 is 1.33 bits per heavy atom. The van der Waals surface area contributed by atoms with Gasteiger partial charge in [-0.05, 0) is 37.6 Å². The maximum Gasteiger partial charge on any atom is 0.246 e. The van der Waals surface area contributed by atoms with Crippen molar-refractivity contribution < 1.29 is 13.9 Å². The summed E-state index contributed by atoms with van der Waals surface area (Å²) in [5.41, 5.74) is 1.30. The number of hydrogen-bond donors (Lipinski definition) is 1. The predicted octanol–water partition coefficient (Wildman–Crippen LogP) is 3.94. The number of piperazine rings is 1. The van der Waals surface area contributed by atoms with Crippen molar-refractivity contribution in [3.63, 3.8) is 0 Å². The fourth-order valence-electron chi connectivity index (χ4n) is 4.53. The minimum atomic E-state index is -0.519. The van der Waals surface area contributed by atoms with Crippen molar-refractivity contribution in [2.24, 2.45) is 0 Å². The van der Waals surface area contributed by atoms with Crippen LogP contribution in [0.15, 0.2) is 43.2 Å². The second-order valence-electron chi connectivity index (χ2n) is 7.97. The molecule has 2 aliphatic rings. The number of hydrogen-bond acceptors (Lipinski definition) is 7.